The van der Waals surface area contributed by atoms with Crippen LogP contribution in [0.25, 0.3) is 0 Å². The summed E-state index contributed by atoms with van der Waals surface area (Å²) in [6.07, 6.45) is 1.39. The van der Waals surface area contributed by atoms with Gasteiger partial charge in [0.05, 0.1) is 6.61 Å². The Morgan fingerprint density at radius 2 is 2.32 bits per heavy atom. The molecule has 1 fully saturated rings. The molecule has 0 bridgehead atoms. The van der Waals surface area contributed by atoms with E-state index < -0.39 is 28.0 Å². The van der Waals surface area contributed by atoms with Gasteiger partial charge in [-0.05, 0) is 19.1 Å². The van der Waals surface area contributed by atoms with E-state index in [0.717, 1.165) is 4.90 Å². The number of carbonyl (C=O) groups excluding carboxylic acids is 2. The highest BCUT2D eigenvalue weighted by atomic mass is 32.2. The van der Waals surface area contributed by atoms with Gasteiger partial charge < -0.3 is 15.0 Å². The molecule has 1 aromatic heterocycles. The Hall–Kier alpha value is -2.36. The van der Waals surface area contributed by atoms with E-state index in [4.69, 9.17) is 4.74 Å². The van der Waals surface area contributed by atoms with Gasteiger partial charge in [0, 0.05) is 19.8 Å². The van der Waals surface area contributed by atoms with Gasteiger partial charge in [0.15, 0.2) is 0 Å². The van der Waals surface area contributed by atoms with Crippen LogP contribution >= 0.6 is 0 Å². The average Bonchev–Trinajstić information content (AvgIpc) is 2.79. The molecule has 0 spiro atoms. The van der Waals surface area contributed by atoms with E-state index in [1.807, 2.05) is 4.72 Å². The lowest BCUT2D eigenvalue weighted by Gasteiger charge is -2.17. The van der Waals surface area contributed by atoms with Crippen molar-refractivity contribution >= 4 is 22.0 Å². The summed E-state index contributed by atoms with van der Waals surface area (Å²) >= 11 is 0. The lowest BCUT2D eigenvalue weighted by Crippen LogP contribution is -2.46. The summed E-state index contributed by atoms with van der Waals surface area (Å²) in [4.78, 5) is 28.1. The zero-order chi connectivity index (χ0) is 16.3. The first-order chi connectivity index (χ1) is 10.4. The predicted molar refractivity (Wildman–Crippen MR) is 75.7 cm³/mol. The highest BCUT2D eigenvalue weighted by Gasteiger charge is 2.35. The van der Waals surface area contributed by atoms with E-state index in [1.165, 1.54) is 25.4 Å². The molecule has 9 nitrogen and oxygen atoms in total. The van der Waals surface area contributed by atoms with Crippen LogP contribution in [0.1, 0.15) is 6.92 Å². The molecule has 120 valence electrons. The minimum atomic E-state index is -4.14. The number of hydrogen-bond acceptors (Lipinski definition) is 6. The molecule has 0 aromatic carbocycles. The van der Waals surface area contributed by atoms with Crippen LogP contribution in [0.15, 0.2) is 23.2 Å². The molecule has 1 aliphatic rings. The normalized spacial score (nSPS) is 18.0. The van der Waals surface area contributed by atoms with Crippen LogP contribution in [0.5, 0.6) is 5.88 Å². The summed E-state index contributed by atoms with van der Waals surface area (Å²) in [5.41, 5.74) is 0. The summed E-state index contributed by atoms with van der Waals surface area (Å²) < 4.78 is 31.7. The second kappa shape index (κ2) is 6.18. The Balaban J connectivity index is 2.21. The quantitative estimate of drug-likeness (QED) is 0.738. The Kier molecular flexibility index (Phi) is 4.50. The fourth-order valence-electron chi connectivity index (χ4n) is 1.94. The van der Waals surface area contributed by atoms with Gasteiger partial charge in [0.25, 0.3) is 15.9 Å². The topological polar surface area (TPSA) is 118 Å². The van der Waals surface area contributed by atoms with Gasteiger partial charge in [-0.1, -0.05) is 0 Å². The molecule has 0 radical (unpaired) electrons. The third-order valence-electron chi connectivity index (χ3n) is 3.08. The van der Waals surface area contributed by atoms with Gasteiger partial charge in [-0.3, -0.25) is 4.79 Å². The Morgan fingerprint density at radius 1 is 1.59 bits per heavy atom. The first-order valence-electron chi connectivity index (χ1n) is 6.52. The summed E-state index contributed by atoms with van der Waals surface area (Å²) in [6, 6.07) is 1.38. The number of pyridine rings is 1. The van der Waals surface area contributed by atoms with E-state index in [2.05, 4.69) is 10.3 Å². The molecule has 3 amide bonds. The van der Waals surface area contributed by atoms with Gasteiger partial charge >= 0.3 is 6.03 Å². The van der Waals surface area contributed by atoms with Gasteiger partial charge in [0.2, 0.25) is 5.88 Å². The third-order valence-corrected chi connectivity index (χ3v) is 4.44. The number of aromatic nitrogens is 1. The molecule has 2 heterocycles. The fourth-order valence-corrected chi connectivity index (χ4v) is 3.05. The number of sulfonamides is 1. The van der Waals surface area contributed by atoms with Crippen molar-refractivity contribution in [2.45, 2.75) is 17.9 Å². The van der Waals surface area contributed by atoms with Gasteiger partial charge in [0.1, 0.15) is 10.9 Å². The first-order valence-corrected chi connectivity index (χ1v) is 8.00. The van der Waals surface area contributed by atoms with Crippen LogP contribution in [-0.2, 0) is 14.8 Å². The Morgan fingerprint density at radius 3 is 2.91 bits per heavy atom. The molecule has 1 atom stereocenters. The Bertz CT molecular complexity index is 691. The predicted octanol–water partition coefficient (Wildman–Crippen LogP) is -0.691. The van der Waals surface area contributed by atoms with Crippen molar-refractivity contribution in [3.63, 3.8) is 0 Å². The number of likely N-dealkylation sites (N-methyl/N-ethyl adjacent to an activating group) is 1. The van der Waals surface area contributed by atoms with Gasteiger partial charge in [-0.25, -0.2) is 22.9 Å². The van der Waals surface area contributed by atoms with Crippen molar-refractivity contribution in [2.24, 2.45) is 0 Å². The number of nitrogens with zero attached hydrogens (tertiary/aromatic N) is 2. The zero-order valence-electron chi connectivity index (χ0n) is 12.1. The molecule has 1 unspecified atom stereocenters. The van der Waals surface area contributed by atoms with Crippen molar-refractivity contribution < 1.29 is 22.7 Å². The molecule has 0 saturated carbocycles. The molecule has 2 rings (SSSR count). The van der Waals surface area contributed by atoms with Crippen molar-refractivity contribution in [1.29, 1.82) is 0 Å². The average molecular weight is 328 g/mol. The highest BCUT2D eigenvalue weighted by molar-refractivity contribution is 7.90. The molecule has 22 heavy (non-hydrogen) atoms. The molecule has 2 N–H and O–H groups in total. The SMILES string of the molecule is CCOc1ncccc1S(=O)(=O)NC(=O)C1CNC(=O)N1C. The van der Waals surface area contributed by atoms with Crippen LogP contribution in [0, 0.1) is 0 Å². The number of ether oxygens (including phenoxy) is 1. The third kappa shape index (κ3) is 3.11. The molecule has 1 aliphatic heterocycles. The first kappa shape index (κ1) is 16.0. The molecule has 1 saturated heterocycles. The lowest BCUT2D eigenvalue weighted by molar-refractivity contribution is -0.122. The highest BCUT2D eigenvalue weighted by Crippen LogP contribution is 2.20. The van der Waals surface area contributed by atoms with Crippen molar-refractivity contribution in [3.05, 3.63) is 18.3 Å². The largest absolute Gasteiger partial charge is 0.477 e. The van der Waals surface area contributed by atoms with Gasteiger partial charge in [-0.2, -0.15) is 0 Å². The fraction of sp³-hybridized carbons (Fsp3) is 0.417. The summed E-state index contributed by atoms with van der Waals surface area (Å²) in [6.45, 7) is 1.97. The van der Waals surface area contributed by atoms with Crippen LogP contribution < -0.4 is 14.8 Å². The lowest BCUT2D eigenvalue weighted by atomic mass is 10.3. The van der Waals surface area contributed by atoms with Crippen LogP contribution in [0.4, 0.5) is 4.79 Å². The standard InChI is InChI=1S/C12H16N4O5S/c1-3-21-11-9(5-4-6-13-11)22(19,20)15-10(17)8-7-14-12(18)16(8)2/h4-6,8H,3,7H2,1-2H3,(H,14,18)(H,15,17). The summed E-state index contributed by atoms with van der Waals surface area (Å²) in [7, 11) is -2.73. The molecule has 1 aromatic rings. The number of carbonyl (C=O) groups is 2. The molecular weight excluding hydrogens is 312 g/mol. The van der Waals surface area contributed by atoms with Crippen LogP contribution in [0.3, 0.4) is 0 Å². The summed E-state index contributed by atoms with van der Waals surface area (Å²) in [5, 5.41) is 2.45. The number of hydrogen-bond donors (Lipinski definition) is 2. The number of nitrogens with one attached hydrogen (secondary N) is 2. The minimum absolute atomic E-state index is 0.0437. The maximum atomic E-state index is 12.3. The second-order valence-electron chi connectivity index (χ2n) is 4.52. The number of urea groups is 1. The van der Waals surface area contributed by atoms with E-state index in [-0.39, 0.29) is 23.9 Å². The number of rotatable bonds is 5. The molecule has 0 aliphatic carbocycles. The van der Waals surface area contributed by atoms with E-state index >= 15 is 0 Å². The van der Waals surface area contributed by atoms with Crippen molar-refractivity contribution in [3.8, 4) is 5.88 Å². The zero-order valence-corrected chi connectivity index (χ0v) is 12.9. The van der Waals surface area contributed by atoms with E-state index in [1.54, 1.807) is 6.92 Å². The Labute approximate surface area is 127 Å². The smallest absolute Gasteiger partial charge is 0.317 e. The maximum absolute atomic E-state index is 12.3. The minimum Gasteiger partial charge on any atom is -0.477 e. The number of amides is 3. The van der Waals surface area contributed by atoms with E-state index in [9.17, 15) is 18.0 Å². The van der Waals surface area contributed by atoms with Crippen molar-refractivity contribution in [1.82, 2.24) is 19.9 Å². The van der Waals surface area contributed by atoms with Gasteiger partial charge in [-0.15, -0.1) is 0 Å². The maximum Gasteiger partial charge on any atom is 0.317 e. The summed E-state index contributed by atoms with van der Waals surface area (Å²) in [5.74, 6) is -0.883. The van der Waals surface area contributed by atoms with Crippen LogP contribution in [-0.4, -0.2) is 56.5 Å². The van der Waals surface area contributed by atoms with Crippen molar-refractivity contribution in [2.75, 3.05) is 20.2 Å². The second-order valence-corrected chi connectivity index (χ2v) is 6.17. The molecular formula is C12H16N4O5S. The monoisotopic (exact) mass is 328 g/mol. The van der Waals surface area contributed by atoms with E-state index in [0.29, 0.717) is 0 Å². The molecule has 10 heteroatoms. The van der Waals surface area contributed by atoms with Crippen LogP contribution in [0.2, 0.25) is 0 Å².